The molecular weight excluding hydrogens is 380 g/mol. The lowest BCUT2D eigenvalue weighted by Crippen LogP contribution is -2.38. The molecule has 1 amide bonds. The molecule has 150 valence electrons. The second-order valence-electron chi connectivity index (χ2n) is 8.10. The van der Waals surface area contributed by atoms with E-state index in [9.17, 15) is 4.79 Å². The van der Waals surface area contributed by atoms with Gasteiger partial charge in [-0.05, 0) is 43.5 Å². The van der Waals surface area contributed by atoms with Crippen LogP contribution in [0.15, 0.2) is 42.3 Å². The summed E-state index contributed by atoms with van der Waals surface area (Å²) in [6, 6.07) is 3.83. The van der Waals surface area contributed by atoms with Gasteiger partial charge in [-0.25, -0.2) is 4.98 Å². The zero-order valence-electron chi connectivity index (χ0n) is 16.8. The fourth-order valence-corrected chi connectivity index (χ4v) is 5.67. The van der Waals surface area contributed by atoms with Gasteiger partial charge >= 0.3 is 0 Å². The normalized spacial score (nSPS) is 19.4. The molecule has 0 bridgehead atoms. The molecule has 6 heteroatoms. The fourth-order valence-electron chi connectivity index (χ4n) is 4.40. The van der Waals surface area contributed by atoms with Crippen molar-refractivity contribution in [1.82, 2.24) is 19.8 Å². The molecule has 0 radical (unpaired) electrons. The van der Waals surface area contributed by atoms with Gasteiger partial charge in [0.2, 0.25) is 0 Å². The summed E-state index contributed by atoms with van der Waals surface area (Å²) < 4.78 is 0. The van der Waals surface area contributed by atoms with E-state index < -0.39 is 0 Å². The Kier molecular flexibility index (Phi) is 4.96. The van der Waals surface area contributed by atoms with Crippen molar-refractivity contribution in [3.8, 4) is 0 Å². The zero-order valence-corrected chi connectivity index (χ0v) is 17.6. The Bertz CT molecular complexity index is 959. The number of allylic oxidation sites excluding steroid dienone is 3. The monoisotopic (exact) mass is 406 g/mol. The third kappa shape index (κ3) is 3.62. The molecule has 3 aliphatic rings. The molecule has 0 saturated carbocycles. The topological polar surface area (TPSA) is 49.3 Å². The first-order chi connectivity index (χ1) is 14.2. The number of pyridine rings is 1. The van der Waals surface area contributed by atoms with Crippen LogP contribution in [0.4, 0.5) is 0 Å². The van der Waals surface area contributed by atoms with Gasteiger partial charge in [-0.15, -0.1) is 11.3 Å². The van der Waals surface area contributed by atoms with E-state index in [1.165, 1.54) is 21.3 Å². The Morgan fingerprint density at radius 1 is 1.17 bits per heavy atom. The highest BCUT2D eigenvalue weighted by atomic mass is 32.1. The number of carbonyl (C=O) groups excluding carboxylic acids is 1. The summed E-state index contributed by atoms with van der Waals surface area (Å²) >= 11 is 1.91. The first kappa shape index (κ1) is 18.6. The number of hydrogen-bond donors (Lipinski definition) is 0. The molecule has 0 spiro atoms. The van der Waals surface area contributed by atoms with Crippen molar-refractivity contribution >= 4 is 17.2 Å². The molecule has 1 saturated heterocycles. The smallest absolute Gasteiger partial charge is 0.272 e. The minimum absolute atomic E-state index is 0.0657. The van der Waals surface area contributed by atoms with E-state index in [0.29, 0.717) is 11.6 Å². The molecule has 2 aliphatic heterocycles. The number of carbonyl (C=O) groups is 1. The van der Waals surface area contributed by atoms with Crippen LogP contribution < -0.4 is 0 Å². The molecular formula is C23H26N4OS. The third-order valence-electron chi connectivity index (χ3n) is 6.26. The van der Waals surface area contributed by atoms with E-state index in [1.54, 1.807) is 6.20 Å². The van der Waals surface area contributed by atoms with Crippen LogP contribution in [0.25, 0.3) is 0 Å². The maximum absolute atomic E-state index is 12.8. The molecule has 1 aliphatic carbocycles. The number of piperidine rings is 1. The van der Waals surface area contributed by atoms with E-state index in [4.69, 9.17) is 4.98 Å². The molecule has 29 heavy (non-hydrogen) atoms. The largest absolute Gasteiger partial charge is 0.371 e. The summed E-state index contributed by atoms with van der Waals surface area (Å²) in [7, 11) is 0. The minimum atomic E-state index is 0.0657. The van der Waals surface area contributed by atoms with Crippen LogP contribution in [0.3, 0.4) is 0 Å². The predicted molar refractivity (Wildman–Crippen MR) is 115 cm³/mol. The Morgan fingerprint density at radius 3 is 2.69 bits per heavy atom. The van der Waals surface area contributed by atoms with Crippen LogP contribution in [0.5, 0.6) is 0 Å². The molecule has 0 atom stereocenters. The lowest BCUT2D eigenvalue weighted by Gasteiger charge is -2.31. The van der Waals surface area contributed by atoms with Gasteiger partial charge in [-0.1, -0.05) is 12.1 Å². The van der Waals surface area contributed by atoms with Crippen LogP contribution in [0.1, 0.15) is 50.4 Å². The molecule has 0 aromatic carbocycles. The van der Waals surface area contributed by atoms with Gasteiger partial charge in [0.15, 0.2) is 0 Å². The Morgan fingerprint density at radius 2 is 1.97 bits per heavy atom. The molecule has 2 aromatic heterocycles. The summed E-state index contributed by atoms with van der Waals surface area (Å²) in [5, 5.41) is 1.28. The van der Waals surface area contributed by atoms with Gasteiger partial charge in [-0.3, -0.25) is 9.78 Å². The summed E-state index contributed by atoms with van der Waals surface area (Å²) in [6.45, 7) is 5.68. The summed E-state index contributed by atoms with van der Waals surface area (Å²) in [4.78, 5) is 28.1. The van der Waals surface area contributed by atoms with Crippen LogP contribution in [0, 0.1) is 6.92 Å². The Labute approximate surface area is 175 Å². The number of thiazole rings is 1. The molecule has 0 unspecified atom stereocenters. The standard InChI is InChI=1S/C23H26N4OS/c1-16-4-3-11-24-21(16)23(28)27-12-7-17(8-13-27)22-25-19-9-14-26(18-5-2-6-18)15-10-20(19)29-22/h2-6,11,17H,7-10,12-15H2,1H3. The lowest BCUT2D eigenvalue weighted by molar-refractivity contribution is 0.0706. The molecule has 5 nitrogen and oxygen atoms in total. The minimum Gasteiger partial charge on any atom is -0.371 e. The van der Waals surface area contributed by atoms with Crippen molar-refractivity contribution in [2.24, 2.45) is 0 Å². The Hall–Kier alpha value is -2.47. The van der Waals surface area contributed by atoms with E-state index in [0.717, 1.165) is 57.4 Å². The average molecular weight is 407 g/mol. The number of amides is 1. The van der Waals surface area contributed by atoms with Crippen molar-refractivity contribution in [2.45, 2.75) is 38.5 Å². The van der Waals surface area contributed by atoms with Gasteiger partial charge in [0, 0.05) is 61.7 Å². The van der Waals surface area contributed by atoms with Gasteiger partial charge < -0.3 is 9.80 Å². The average Bonchev–Trinajstić information content (AvgIpc) is 3.02. The van der Waals surface area contributed by atoms with Crippen LogP contribution in [-0.2, 0) is 12.8 Å². The van der Waals surface area contributed by atoms with Crippen molar-refractivity contribution in [1.29, 1.82) is 0 Å². The van der Waals surface area contributed by atoms with Crippen LogP contribution >= 0.6 is 11.3 Å². The van der Waals surface area contributed by atoms with Crippen LogP contribution in [0.2, 0.25) is 0 Å². The molecule has 5 rings (SSSR count). The molecule has 1 fully saturated rings. The van der Waals surface area contributed by atoms with Crippen molar-refractivity contribution in [3.05, 3.63) is 69.1 Å². The zero-order chi connectivity index (χ0) is 19.8. The number of likely N-dealkylation sites (tertiary alicyclic amines) is 1. The van der Waals surface area contributed by atoms with Gasteiger partial charge in [-0.2, -0.15) is 0 Å². The number of hydrogen-bond acceptors (Lipinski definition) is 5. The first-order valence-electron chi connectivity index (χ1n) is 10.5. The maximum Gasteiger partial charge on any atom is 0.272 e. The van der Waals surface area contributed by atoms with Crippen molar-refractivity contribution < 1.29 is 4.79 Å². The third-order valence-corrected chi connectivity index (χ3v) is 7.58. The Balaban J connectivity index is 1.21. The second kappa shape index (κ2) is 7.75. The van der Waals surface area contributed by atoms with Gasteiger partial charge in [0.25, 0.3) is 5.91 Å². The van der Waals surface area contributed by atoms with E-state index in [1.807, 2.05) is 35.3 Å². The predicted octanol–water partition coefficient (Wildman–Crippen LogP) is 3.72. The highest BCUT2D eigenvalue weighted by Gasteiger charge is 2.29. The lowest BCUT2D eigenvalue weighted by atomic mass is 9.97. The quantitative estimate of drug-likeness (QED) is 0.780. The van der Waals surface area contributed by atoms with E-state index in [2.05, 4.69) is 28.1 Å². The maximum atomic E-state index is 12.8. The molecule has 0 N–H and O–H groups in total. The summed E-state index contributed by atoms with van der Waals surface area (Å²) in [6.07, 6.45) is 12.3. The van der Waals surface area contributed by atoms with Crippen LogP contribution in [-0.4, -0.2) is 51.9 Å². The number of fused-ring (bicyclic) bond motifs is 1. The molecule has 4 heterocycles. The highest BCUT2D eigenvalue weighted by Crippen LogP contribution is 2.35. The van der Waals surface area contributed by atoms with E-state index >= 15 is 0 Å². The molecule has 2 aromatic rings. The summed E-state index contributed by atoms with van der Waals surface area (Å²) in [5.41, 5.74) is 4.21. The SMILES string of the molecule is Cc1cccnc1C(=O)N1CCC(c2nc3c(s2)CCN(C2=CC=C2)CC3)CC1. The first-order valence-corrected chi connectivity index (χ1v) is 11.3. The van der Waals surface area contributed by atoms with E-state index in [-0.39, 0.29) is 5.91 Å². The summed E-state index contributed by atoms with van der Waals surface area (Å²) in [5.74, 6) is 0.546. The number of aromatic nitrogens is 2. The number of rotatable bonds is 3. The second-order valence-corrected chi connectivity index (χ2v) is 9.21. The number of aryl methyl sites for hydroxylation is 1. The van der Waals surface area contributed by atoms with Crippen molar-refractivity contribution in [2.75, 3.05) is 26.2 Å². The fraction of sp³-hybridized carbons (Fsp3) is 0.435. The highest BCUT2D eigenvalue weighted by molar-refractivity contribution is 7.11. The van der Waals surface area contributed by atoms with Gasteiger partial charge in [0.1, 0.15) is 5.69 Å². The van der Waals surface area contributed by atoms with Gasteiger partial charge in [0.05, 0.1) is 10.7 Å². The number of nitrogens with zero attached hydrogens (tertiary/aromatic N) is 4. The van der Waals surface area contributed by atoms with Crippen molar-refractivity contribution in [3.63, 3.8) is 0 Å².